The van der Waals surface area contributed by atoms with Crippen LogP contribution in [0.3, 0.4) is 0 Å². The Morgan fingerprint density at radius 2 is 2.08 bits per heavy atom. The molecule has 0 saturated heterocycles. The smallest absolute Gasteiger partial charge is 0.223 e. The highest BCUT2D eigenvalue weighted by molar-refractivity contribution is 5.79. The van der Waals surface area contributed by atoms with Crippen LogP contribution in [-0.4, -0.2) is 12.5 Å². The lowest BCUT2D eigenvalue weighted by atomic mass is 10.0. The molecule has 0 aromatic carbocycles. The summed E-state index contributed by atoms with van der Waals surface area (Å²) in [5.74, 6) is 4.58. The van der Waals surface area contributed by atoms with Crippen molar-refractivity contribution in [3.05, 3.63) is 0 Å². The molecule has 2 aliphatic carbocycles. The molecular formula is C10H13NO. The fraction of sp³-hybridized carbons (Fsp3) is 0.700. The Labute approximate surface area is 72.7 Å². The van der Waals surface area contributed by atoms with Gasteiger partial charge in [-0.1, -0.05) is 5.92 Å². The second-order valence-electron chi connectivity index (χ2n) is 3.85. The van der Waals surface area contributed by atoms with Crippen LogP contribution in [0.2, 0.25) is 0 Å². The Balaban J connectivity index is 1.78. The summed E-state index contributed by atoms with van der Waals surface area (Å²) in [6.45, 7) is 0.380. The number of terminal acetylenes is 1. The van der Waals surface area contributed by atoms with Crippen LogP contribution in [0.15, 0.2) is 0 Å². The van der Waals surface area contributed by atoms with Gasteiger partial charge in [-0.2, -0.15) is 0 Å². The van der Waals surface area contributed by atoms with Crippen LogP contribution in [0.4, 0.5) is 0 Å². The standard InChI is InChI=1S/C10H13NO/c1-2-3-11-10(12)9-5-7-4-8(7)6-9/h1,7-9H,3-6H2,(H,11,12). The summed E-state index contributed by atoms with van der Waals surface area (Å²) in [7, 11) is 0. The van der Waals surface area contributed by atoms with Gasteiger partial charge in [0, 0.05) is 5.92 Å². The van der Waals surface area contributed by atoms with Gasteiger partial charge in [0.05, 0.1) is 6.54 Å². The zero-order valence-electron chi connectivity index (χ0n) is 7.05. The van der Waals surface area contributed by atoms with Crippen molar-refractivity contribution >= 4 is 5.91 Å². The van der Waals surface area contributed by atoms with Gasteiger partial charge in [-0.25, -0.2) is 0 Å². The molecule has 2 rings (SSSR count). The maximum Gasteiger partial charge on any atom is 0.223 e. The zero-order chi connectivity index (χ0) is 8.55. The van der Waals surface area contributed by atoms with E-state index in [0.717, 1.165) is 24.7 Å². The zero-order valence-corrected chi connectivity index (χ0v) is 7.05. The number of hydrogen-bond donors (Lipinski definition) is 1. The first-order valence-electron chi connectivity index (χ1n) is 4.52. The highest BCUT2D eigenvalue weighted by atomic mass is 16.1. The summed E-state index contributed by atoms with van der Waals surface area (Å²) in [4.78, 5) is 11.4. The predicted octanol–water partition coefficient (Wildman–Crippen LogP) is 0.782. The number of rotatable bonds is 2. The second kappa shape index (κ2) is 2.82. The topological polar surface area (TPSA) is 29.1 Å². The van der Waals surface area contributed by atoms with Crippen LogP contribution < -0.4 is 5.32 Å². The number of carbonyl (C=O) groups excluding carboxylic acids is 1. The van der Waals surface area contributed by atoms with Crippen LogP contribution in [0.25, 0.3) is 0 Å². The van der Waals surface area contributed by atoms with Crippen LogP contribution in [0.5, 0.6) is 0 Å². The third-order valence-corrected chi connectivity index (χ3v) is 2.98. The summed E-state index contributed by atoms with van der Waals surface area (Å²) in [5.41, 5.74) is 0. The summed E-state index contributed by atoms with van der Waals surface area (Å²) >= 11 is 0. The number of hydrogen-bond acceptors (Lipinski definition) is 1. The fourth-order valence-electron chi connectivity index (χ4n) is 2.21. The molecule has 2 atom stereocenters. The van der Waals surface area contributed by atoms with Crippen molar-refractivity contribution in [2.75, 3.05) is 6.54 Å². The first kappa shape index (κ1) is 7.67. The molecule has 0 aliphatic heterocycles. The Kier molecular flexibility index (Phi) is 1.80. The molecule has 1 N–H and O–H groups in total. The van der Waals surface area contributed by atoms with E-state index in [0.29, 0.717) is 6.54 Å². The minimum atomic E-state index is 0.167. The normalized spacial score (nSPS) is 36.8. The first-order chi connectivity index (χ1) is 5.81. The SMILES string of the molecule is C#CCNC(=O)C1CC2CC2C1. The number of nitrogens with one attached hydrogen (secondary N) is 1. The molecule has 0 spiro atoms. The van der Waals surface area contributed by atoms with Crippen molar-refractivity contribution in [1.29, 1.82) is 0 Å². The summed E-state index contributed by atoms with van der Waals surface area (Å²) in [5, 5.41) is 2.74. The minimum absolute atomic E-state index is 0.167. The predicted molar refractivity (Wildman–Crippen MR) is 46.2 cm³/mol. The third kappa shape index (κ3) is 1.32. The third-order valence-electron chi connectivity index (χ3n) is 2.98. The molecule has 0 bridgehead atoms. The molecule has 2 heteroatoms. The van der Waals surface area contributed by atoms with Gasteiger partial charge < -0.3 is 5.32 Å². The fourth-order valence-corrected chi connectivity index (χ4v) is 2.21. The lowest BCUT2D eigenvalue weighted by molar-refractivity contribution is -0.124. The van der Waals surface area contributed by atoms with Crippen LogP contribution in [0.1, 0.15) is 19.3 Å². The van der Waals surface area contributed by atoms with E-state index in [2.05, 4.69) is 11.2 Å². The molecule has 1 amide bonds. The molecule has 64 valence electrons. The quantitative estimate of drug-likeness (QED) is 0.599. The molecule has 2 fully saturated rings. The molecular weight excluding hydrogens is 150 g/mol. The molecule has 2 aliphatic rings. The Hall–Kier alpha value is -0.970. The van der Waals surface area contributed by atoms with Gasteiger partial charge in [0.15, 0.2) is 0 Å². The average Bonchev–Trinajstić information content (AvgIpc) is 2.69. The lowest BCUT2D eigenvalue weighted by Crippen LogP contribution is -2.30. The highest BCUT2D eigenvalue weighted by Crippen LogP contribution is 2.54. The maximum atomic E-state index is 11.4. The molecule has 2 unspecified atom stereocenters. The van der Waals surface area contributed by atoms with E-state index in [1.165, 1.54) is 6.42 Å². The summed E-state index contributed by atoms with van der Waals surface area (Å²) in [6.07, 6.45) is 8.60. The van der Waals surface area contributed by atoms with Gasteiger partial charge in [-0.15, -0.1) is 6.42 Å². The molecule has 0 heterocycles. The monoisotopic (exact) mass is 163 g/mol. The largest absolute Gasteiger partial charge is 0.345 e. The maximum absolute atomic E-state index is 11.4. The average molecular weight is 163 g/mol. The van der Waals surface area contributed by atoms with Crippen molar-refractivity contribution < 1.29 is 4.79 Å². The van der Waals surface area contributed by atoms with Crippen molar-refractivity contribution in [2.45, 2.75) is 19.3 Å². The molecule has 0 radical (unpaired) electrons. The molecule has 0 aromatic rings. The van der Waals surface area contributed by atoms with Crippen LogP contribution in [0, 0.1) is 30.1 Å². The van der Waals surface area contributed by atoms with Gasteiger partial charge in [-0.3, -0.25) is 4.79 Å². The van der Waals surface area contributed by atoms with Gasteiger partial charge >= 0.3 is 0 Å². The van der Waals surface area contributed by atoms with Gasteiger partial charge in [-0.05, 0) is 31.1 Å². The minimum Gasteiger partial charge on any atom is -0.345 e. The van der Waals surface area contributed by atoms with Crippen LogP contribution in [-0.2, 0) is 4.79 Å². The Morgan fingerprint density at radius 1 is 1.42 bits per heavy atom. The molecule has 2 nitrogen and oxygen atoms in total. The van der Waals surface area contributed by atoms with E-state index in [-0.39, 0.29) is 11.8 Å². The lowest BCUT2D eigenvalue weighted by Gasteiger charge is -2.09. The van der Waals surface area contributed by atoms with E-state index >= 15 is 0 Å². The molecule has 2 saturated carbocycles. The van der Waals surface area contributed by atoms with Crippen LogP contribution >= 0.6 is 0 Å². The van der Waals surface area contributed by atoms with Crippen molar-refractivity contribution in [1.82, 2.24) is 5.32 Å². The van der Waals surface area contributed by atoms with E-state index in [4.69, 9.17) is 6.42 Å². The number of fused-ring (bicyclic) bond motifs is 1. The van der Waals surface area contributed by atoms with E-state index in [9.17, 15) is 4.79 Å². The Morgan fingerprint density at radius 3 is 2.67 bits per heavy atom. The van der Waals surface area contributed by atoms with E-state index in [1.807, 2.05) is 0 Å². The van der Waals surface area contributed by atoms with Crippen molar-refractivity contribution in [2.24, 2.45) is 17.8 Å². The number of carbonyl (C=O) groups is 1. The second-order valence-corrected chi connectivity index (χ2v) is 3.85. The highest BCUT2D eigenvalue weighted by Gasteiger charge is 2.47. The van der Waals surface area contributed by atoms with Gasteiger partial charge in [0.1, 0.15) is 0 Å². The first-order valence-corrected chi connectivity index (χ1v) is 4.52. The van der Waals surface area contributed by atoms with E-state index in [1.54, 1.807) is 0 Å². The summed E-state index contributed by atoms with van der Waals surface area (Å²) < 4.78 is 0. The molecule has 12 heavy (non-hydrogen) atoms. The van der Waals surface area contributed by atoms with Crippen molar-refractivity contribution in [3.63, 3.8) is 0 Å². The molecule has 0 aromatic heterocycles. The van der Waals surface area contributed by atoms with E-state index < -0.39 is 0 Å². The number of amides is 1. The van der Waals surface area contributed by atoms with Gasteiger partial charge in [0.2, 0.25) is 5.91 Å². The van der Waals surface area contributed by atoms with Gasteiger partial charge in [0.25, 0.3) is 0 Å². The Bertz CT molecular complexity index is 231. The van der Waals surface area contributed by atoms with Crippen molar-refractivity contribution in [3.8, 4) is 12.3 Å². The summed E-state index contributed by atoms with van der Waals surface area (Å²) in [6, 6.07) is 0.